The maximum atomic E-state index is 13.4. The number of hydrogen-bond donors (Lipinski definition) is 5. The summed E-state index contributed by atoms with van der Waals surface area (Å²) in [5, 5.41) is 20.6. The Morgan fingerprint density at radius 3 is 2.33 bits per heavy atom. The molecule has 2 aliphatic rings. The fourth-order valence-electron chi connectivity index (χ4n) is 6.41. The summed E-state index contributed by atoms with van der Waals surface area (Å²) in [4.78, 5) is 49.7. The van der Waals surface area contributed by atoms with Crippen molar-refractivity contribution in [2.45, 2.75) is 103 Å². The Morgan fingerprint density at radius 2 is 1.75 bits per heavy atom. The van der Waals surface area contributed by atoms with Gasteiger partial charge < -0.3 is 21.1 Å². The lowest BCUT2D eigenvalue weighted by Crippen LogP contribution is -2.60. The second-order valence-electron chi connectivity index (χ2n) is 14.1. The Labute approximate surface area is 290 Å². The maximum Gasteiger partial charge on any atom is 0.253 e. The summed E-state index contributed by atoms with van der Waals surface area (Å²) in [6.07, 6.45) is 6.56. The molecule has 5 N–H and O–H groups in total. The Bertz CT molecular complexity index is 1290. The van der Waals surface area contributed by atoms with Gasteiger partial charge in [-0.3, -0.25) is 24.1 Å². The van der Waals surface area contributed by atoms with E-state index in [2.05, 4.69) is 31.3 Å². The van der Waals surface area contributed by atoms with Gasteiger partial charge in [0, 0.05) is 31.9 Å². The van der Waals surface area contributed by atoms with E-state index in [0.717, 1.165) is 31.4 Å². The van der Waals surface area contributed by atoms with Gasteiger partial charge in [-0.15, -0.1) is 0 Å². The van der Waals surface area contributed by atoms with E-state index < -0.39 is 24.0 Å². The van der Waals surface area contributed by atoms with Crippen LogP contribution in [0.5, 0.6) is 0 Å². The summed E-state index contributed by atoms with van der Waals surface area (Å²) in [5.74, 6) is 0.143. The van der Waals surface area contributed by atoms with Crippen molar-refractivity contribution in [3.8, 4) is 0 Å². The van der Waals surface area contributed by atoms with Gasteiger partial charge in [-0.1, -0.05) is 61.2 Å². The van der Waals surface area contributed by atoms with Crippen LogP contribution in [-0.2, 0) is 20.8 Å². The minimum atomic E-state index is -0.935. The van der Waals surface area contributed by atoms with Crippen molar-refractivity contribution >= 4 is 29.3 Å². The number of halogens is 1. The first-order chi connectivity index (χ1) is 22.8. The van der Waals surface area contributed by atoms with Gasteiger partial charge in [0.25, 0.3) is 5.91 Å². The van der Waals surface area contributed by atoms with Crippen LogP contribution in [0.2, 0.25) is 5.15 Å². The number of β-amino-alcohol motifs (C(OH)–C–C–N with tert-alkyl or cyclic N) is 1. The van der Waals surface area contributed by atoms with Crippen LogP contribution in [0.3, 0.4) is 0 Å². The number of carbonyl (C=O) groups is 3. The number of rotatable bonds is 12. The predicted octanol–water partition coefficient (Wildman–Crippen LogP) is 3.89. The van der Waals surface area contributed by atoms with Crippen LogP contribution in [0, 0.1) is 11.8 Å². The standard InChI is InChI=1S/C32H44ClN5O4.C4H11NO/c1-32(2,3)37-31(42)26-16-22-11-7-8-12-24(22)19-38(26)20-27(39)25(15-21-9-5-4-6-10-21)36-29(40)18-35-30(41)23-13-14-28(33)34-17-23;1-4(2)6-5-3/h4-6,9-10,13-14,17,22,24-27,39H,7-8,11-12,15-16,18-20H2,1-3H3,(H,35,41)(H,36,40)(H,37,42);4-5H,1-3H3. The molecule has 0 spiro atoms. The molecule has 2 fully saturated rings. The van der Waals surface area contributed by atoms with Crippen molar-refractivity contribution < 1.29 is 24.3 Å². The molecule has 4 rings (SSSR count). The van der Waals surface area contributed by atoms with Gasteiger partial charge in [-0.05, 0) is 83.4 Å². The van der Waals surface area contributed by atoms with Crippen molar-refractivity contribution in [1.29, 1.82) is 0 Å². The molecular formula is C36H55ClN6O5. The number of aliphatic hydroxyl groups is 1. The molecule has 5 atom stereocenters. The van der Waals surface area contributed by atoms with Crippen molar-refractivity contribution in [2.75, 3.05) is 26.7 Å². The van der Waals surface area contributed by atoms with E-state index >= 15 is 0 Å². The minimum Gasteiger partial charge on any atom is -0.390 e. The maximum absolute atomic E-state index is 13.4. The lowest BCUT2D eigenvalue weighted by atomic mass is 9.72. The zero-order chi connectivity index (χ0) is 35.3. The van der Waals surface area contributed by atoms with E-state index in [9.17, 15) is 19.5 Å². The third-order valence-electron chi connectivity index (χ3n) is 8.59. The van der Waals surface area contributed by atoms with Crippen molar-refractivity contribution in [3.63, 3.8) is 0 Å². The summed E-state index contributed by atoms with van der Waals surface area (Å²) >= 11 is 5.80. The van der Waals surface area contributed by atoms with Crippen LogP contribution < -0.4 is 21.4 Å². The normalized spacial score (nSPS) is 20.8. The Kier molecular flexibility index (Phi) is 15.7. The number of aliphatic hydroxyl groups excluding tert-OH is 1. The van der Waals surface area contributed by atoms with Crippen LogP contribution in [0.25, 0.3) is 0 Å². The van der Waals surface area contributed by atoms with Crippen LogP contribution >= 0.6 is 11.6 Å². The topological polar surface area (TPSA) is 145 Å². The highest BCUT2D eigenvalue weighted by atomic mass is 35.5. The highest BCUT2D eigenvalue weighted by Crippen LogP contribution is 2.39. The first-order valence-corrected chi connectivity index (χ1v) is 17.4. The van der Waals surface area contributed by atoms with Gasteiger partial charge in [0.05, 0.1) is 36.4 Å². The monoisotopic (exact) mass is 686 g/mol. The molecule has 1 saturated carbocycles. The molecule has 12 heteroatoms. The van der Waals surface area contributed by atoms with Gasteiger partial charge in [-0.2, -0.15) is 0 Å². The molecule has 48 heavy (non-hydrogen) atoms. The van der Waals surface area contributed by atoms with E-state index in [1.165, 1.54) is 31.2 Å². The number of nitrogens with zero attached hydrogens (tertiary/aromatic N) is 2. The van der Waals surface area contributed by atoms with Gasteiger partial charge in [0.1, 0.15) is 5.15 Å². The molecule has 1 aliphatic heterocycles. The van der Waals surface area contributed by atoms with Crippen LogP contribution in [0.15, 0.2) is 48.7 Å². The van der Waals surface area contributed by atoms with Crippen LogP contribution in [0.1, 0.15) is 82.6 Å². The number of hydroxylamine groups is 1. The lowest BCUT2D eigenvalue weighted by molar-refractivity contribution is -0.133. The number of aromatic nitrogens is 1. The van der Waals surface area contributed by atoms with Crippen molar-refractivity contribution in [1.82, 2.24) is 31.3 Å². The third-order valence-corrected chi connectivity index (χ3v) is 8.81. The molecule has 1 aliphatic carbocycles. The van der Waals surface area contributed by atoms with Crippen LogP contribution in [0.4, 0.5) is 0 Å². The first kappa shape index (κ1) is 39.3. The molecule has 2 heterocycles. The molecule has 1 saturated heterocycles. The Hall–Kier alpha value is -3.09. The number of nitrogens with one attached hydrogen (secondary N) is 4. The number of fused-ring (bicyclic) bond motifs is 1. The highest BCUT2D eigenvalue weighted by Gasteiger charge is 2.41. The number of pyridine rings is 1. The average molecular weight is 687 g/mol. The number of likely N-dealkylation sites (tertiary alicyclic amines) is 1. The SMILES string of the molecule is CC(C)(C)NC(=O)C1CC2CCCCC2CN1CC(O)C(Cc1ccccc1)NC(=O)CNC(=O)c1ccc(Cl)nc1.CNOC(C)C. The van der Waals surface area contributed by atoms with E-state index in [1.54, 1.807) is 7.05 Å². The van der Waals surface area contributed by atoms with Crippen molar-refractivity contribution in [2.24, 2.45) is 11.8 Å². The third kappa shape index (κ3) is 13.4. The summed E-state index contributed by atoms with van der Waals surface area (Å²) in [5.41, 5.74) is 3.46. The second-order valence-corrected chi connectivity index (χ2v) is 14.5. The van der Waals surface area contributed by atoms with Gasteiger partial charge in [-0.25, -0.2) is 10.5 Å². The zero-order valence-corrected chi connectivity index (χ0v) is 30.1. The summed E-state index contributed by atoms with van der Waals surface area (Å²) in [6.45, 7) is 10.6. The molecule has 0 bridgehead atoms. The molecule has 1 aromatic carbocycles. The first-order valence-electron chi connectivity index (χ1n) is 17.0. The largest absolute Gasteiger partial charge is 0.390 e. The van der Waals surface area contributed by atoms with Gasteiger partial charge >= 0.3 is 0 Å². The van der Waals surface area contributed by atoms with Crippen LogP contribution in [-0.4, -0.2) is 89.2 Å². The quantitative estimate of drug-likeness (QED) is 0.167. The lowest BCUT2D eigenvalue weighted by Gasteiger charge is -2.47. The molecule has 1 aromatic heterocycles. The Balaban J connectivity index is 0.000000952. The summed E-state index contributed by atoms with van der Waals surface area (Å²) < 4.78 is 0. The van der Waals surface area contributed by atoms with E-state index in [4.69, 9.17) is 16.4 Å². The summed E-state index contributed by atoms with van der Waals surface area (Å²) in [6, 6.07) is 11.7. The van der Waals surface area contributed by atoms with Gasteiger partial charge in [0.15, 0.2) is 0 Å². The predicted molar refractivity (Wildman–Crippen MR) is 188 cm³/mol. The number of benzene rings is 1. The number of piperidine rings is 1. The molecule has 2 aromatic rings. The molecule has 266 valence electrons. The molecule has 0 radical (unpaired) electrons. The Morgan fingerprint density at radius 1 is 1.06 bits per heavy atom. The summed E-state index contributed by atoms with van der Waals surface area (Å²) in [7, 11) is 1.75. The second kappa shape index (κ2) is 19.2. The molecule has 5 unspecified atom stereocenters. The molecule has 11 nitrogen and oxygen atoms in total. The minimum absolute atomic E-state index is 0.0122. The van der Waals surface area contributed by atoms with E-state index in [0.29, 0.717) is 23.8 Å². The smallest absolute Gasteiger partial charge is 0.253 e. The van der Waals surface area contributed by atoms with E-state index in [1.807, 2.05) is 65.0 Å². The van der Waals surface area contributed by atoms with Gasteiger partial charge in [0.2, 0.25) is 11.8 Å². The number of amides is 3. The molecular weight excluding hydrogens is 632 g/mol. The highest BCUT2D eigenvalue weighted by molar-refractivity contribution is 6.29. The fraction of sp³-hybridized carbons (Fsp3) is 0.611. The van der Waals surface area contributed by atoms with Crippen molar-refractivity contribution in [3.05, 3.63) is 64.9 Å². The number of hydrogen-bond acceptors (Lipinski definition) is 8. The molecule has 3 amide bonds. The van der Waals surface area contributed by atoms with E-state index in [-0.39, 0.29) is 41.8 Å². The average Bonchev–Trinajstić information content (AvgIpc) is 3.03. The number of carbonyl (C=O) groups excluding carboxylic acids is 3. The fourth-order valence-corrected chi connectivity index (χ4v) is 6.52. The zero-order valence-electron chi connectivity index (χ0n) is 29.3.